The number of ether oxygens (including phenoxy) is 1. The number of aliphatic hydroxyl groups excluding tert-OH is 1. The maximum absolute atomic E-state index is 11.6. The van der Waals surface area contributed by atoms with E-state index in [2.05, 4.69) is 22.0 Å². The molecule has 0 aliphatic carbocycles. The van der Waals surface area contributed by atoms with Crippen LogP contribution in [0.4, 0.5) is 0 Å². The molecule has 0 amide bonds. The summed E-state index contributed by atoms with van der Waals surface area (Å²) in [6.45, 7) is 1.17. The van der Waals surface area contributed by atoms with Crippen LogP contribution in [0.2, 0.25) is 0 Å². The highest BCUT2D eigenvalue weighted by atomic mass is 31.2. The lowest BCUT2D eigenvalue weighted by Gasteiger charge is -2.15. The molecule has 0 spiro atoms. The number of carbonyl (C=O) groups is 1. The zero-order valence-corrected chi connectivity index (χ0v) is 18.4. The molecule has 0 saturated carbocycles. The number of rotatable bonds is 17. The number of esters is 1. The van der Waals surface area contributed by atoms with Gasteiger partial charge >= 0.3 is 13.8 Å². The fourth-order valence-corrected chi connectivity index (χ4v) is 2.60. The fourth-order valence-electron chi connectivity index (χ4n) is 1.83. The smallest absolute Gasteiger partial charge is 0.463 e. The summed E-state index contributed by atoms with van der Waals surface area (Å²) in [5.74, 6) is -0.462. The van der Waals surface area contributed by atoms with Gasteiger partial charge in [0.2, 0.25) is 0 Å². The molecule has 0 aromatic rings. The van der Waals surface area contributed by atoms with Crippen LogP contribution in [0.3, 0.4) is 0 Å². The lowest BCUT2D eigenvalue weighted by atomic mass is 10.2. The third-order valence-electron chi connectivity index (χ3n) is 3.28. The topological polar surface area (TPSA) is 128 Å². The average molecular weight is 443 g/mol. The lowest BCUT2D eigenvalue weighted by molar-refractivity contribution is -0.147. The van der Waals surface area contributed by atoms with Gasteiger partial charge in [-0.15, -0.1) is 0 Å². The van der Waals surface area contributed by atoms with E-state index in [-0.39, 0.29) is 26.2 Å². The first kappa shape index (κ1) is 28.2. The molecule has 0 aliphatic heterocycles. The van der Waals surface area contributed by atoms with Crippen molar-refractivity contribution in [2.75, 3.05) is 26.4 Å². The van der Waals surface area contributed by atoms with E-state index < -0.39 is 26.5 Å². The minimum atomic E-state index is -4.26. The molecule has 0 aliphatic rings. The van der Waals surface area contributed by atoms with Crippen LogP contribution in [0, 0.1) is 0 Å². The molecule has 0 bridgehead atoms. The zero-order valence-electron chi connectivity index (χ0n) is 17.5. The van der Waals surface area contributed by atoms with Gasteiger partial charge in [0.15, 0.2) is 0 Å². The summed E-state index contributed by atoms with van der Waals surface area (Å²) in [7, 11) is -4.26. The Balaban J connectivity index is 3.82. The molecule has 4 N–H and O–H groups in total. The first-order chi connectivity index (χ1) is 14.4. The van der Waals surface area contributed by atoms with Crippen LogP contribution in [-0.4, -0.2) is 48.4 Å². The van der Waals surface area contributed by atoms with E-state index in [4.69, 9.17) is 10.5 Å². The third kappa shape index (κ3) is 19.5. The van der Waals surface area contributed by atoms with E-state index in [1.165, 1.54) is 0 Å². The zero-order chi connectivity index (χ0) is 22.5. The highest BCUT2D eigenvalue weighted by molar-refractivity contribution is 7.47. The highest BCUT2D eigenvalue weighted by Crippen LogP contribution is 2.42. The molecule has 0 radical (unpaired) electrons. The van der Waals surface area contributed by atoms with Crippen molar-refractivity contribution in [3.05, 3.63) is 60.8 Å². The number of carbonyl (C=O) groups excluding carboxylic acids is 1. The number of phosphoric acid groups is 1. The number of phosphoric ester groups is 1. The maximum Gasteiger partial charge on any atom is 0.472 e. The predicted octanol–water partition coefficient (Wildman–Crippen LogP) is 3.34. The Morgan fingerprint density at radius 2 is 1.60 bits per heavy atom. The third-order valence-corrected chi connectivity index (χ3v) is 4.26. The van der Waals surface area contributed by atoms with Gasteiger partial charge in [0.1, 0.15) is 12.7 Å². The van der Waals surface area contributed by atoms with Crippen molar-refractivity contribution >= 4 is 13.8 Å². The molecule has 170 valence electrons. The molecule has 2 atom stereocenters. The van der Waals surface area contributed by atoms with E-state index in [1.807, 2.05) is 54.7 Å². The van der Waals surface area contributed by atoms with Crippen LogP contribution < -0.4 is 5.73 Å². The van der Waals surface area contributed by atoms with Crippen LogP contribution >= 0.6 is 7.82 Å². The maximum atomic E-state index is 11.6. The molecular formula is C21H34NO7P. The number of hydrogen-bond acceptors (Lipinski definition) is 7. The van der Waals surface area contributed by atoms with Crippen molar-refractivity contribution in [1.29, 1.82) is 0 Å². The predicted molar refractivity (Wildman–Crippen MR) is 118 cm³/mol. The summed E-state index contributed by atoms with van der Waals surface area (Å²) < 4.78 is 25.4. The average Bonchev–Trinajstić information content (AvgIpc) is 2.72. The quantitative estimate of drug-likeness (QED) is 0.135. The molecule has 2 unspecified atom stereocenters. The van der Waals surface area contributed by atoms with Crippen LogP contribution in [-0.2, 0) is 23.1 Å². The number of nitrogens with two attached hydrogens (primary N) is 1. The van der Waals surface area contributed by atoms with E-state index >= 15 is 0 Å². The second-order valence-electron chi connectivity index (χ2n) is 6.03. The molecular weight excluding hydrogens is 409 g/mol. The normalized spacial score (nSPS) is 15.7. The Bertz CT molecular complexity index is 641. The van der Waals surface area contributed by atoms with Gasteiger partial charge in [0.05, 0.1) is 13.2 Å². The Kier molecular flexibility index (Phi) is 18.0. The Morgan fingerprint density at radius 1 is 1.00 bits per heavy atom. The molecule has 0 heterocycles. The summed E-state index contributed by atoms with van der Waals surface area (Å²) in [6.07, 6.45) is 20.8. The molecule has 0 aromatic heterocycles. The van der Waals surface area contributed by atoms with Crippen molar-refractivity contribution in [3.8, 4) is 0 Å². The molecule has 8 nitrogen and oxygen atoms in total. The molecule has 30 heavy (non-hydrogen) atoms. The van der Waals surface area contributed by atoms with E-state index in [0.717, 1.165) is 6.42 Å². The molecule has 0 saturated heterocycles. The Labute approximate surface area is 179 Å². The first-order valence-electron chi connectivity index (χ1n) is 9.88. The van der Waals surface area contributed by atoms with Gasteiger partial charge in [0.25, 0.3) is 0 Å². The SMILES string of the molecule is CC/C=C/C=C/C=C/C=C/C=C/CCCC(=O)OCC(O)COP(=O)(O)OCCN. The summed E-state index contributed by atoms with van der Waals surface area (Å²) >= 11 is 0. The van der Waals surface area contributed by atoms with Crippen molar-refractivity contribution < 1.29 is 33.1 Å². The van der Waals surface area contributed by atoms with Gasteiger partial charge in [-0.3, -0.25) is 13.8 Å². The summed E-state index contributed by atoms with van der Waals surface area (Å²) in [5, 5.41) is 9.62. The van der Waals surface area contributed by atoms with Crippen LogP contribution in [0.1, 0.15) is 32.6 Å². The molecule has 0 aromatic carbocycles. The summed E-state index contributed by atoms with van der Waals surface area (Å²) in [4.78, 5) is 20.9. The van der Waals surface area contributed by atoms with Gasteiger partial charge < -0.3 is 20.5 Å². The largest absolute Gasteiger partial charge is 0.472 e. The van der Waals surface area contributed by atoms with E-state index in [0.29, 0.717) is 12.8 Å². The number of allylic oxidation sites excluding steroid dienone is 10. The lowest BCUT2D eigenvalue weighted by Crippen LogP contribution is -2.23. The van der Waals surface area contributed by atoms with Crippen molar-refractivity contribution in [1.82, 2.24) is 0 Å². The second-order valence-corrected chi connectivity index (χ2v) is 7.49. The van der Waals surface area contributed by atoms with Crippen molar-refractivity contribution in [2.24, 2.45) is 5.73 Å². The van der Waals surface area contributed by atoms with Crippen LogP contribution in [0.25, 0.3) is 0 Å². The minimum absolute atomic E-state index is 0.0609. The standard InChI is InChI=1S/C21H34NO7P/c1-2-3-4-5-6-7-8-9-10-11-12-13-14-15-21(24)27-18-20(23)19-29-30(25,26)28-17-16-22/h3-12,20,23H,2,13-19,22H2,1H3,(H,25,26)/b4-3+,6-5+,8-7+,10-9+,12-11+. The summed E-state index contributed by atoms with van der Waals surface area (Å²) in [5.41, 5.74) is 5.15. The van der Waals surface area contributed by atoms with Crippen LogP contribution in [0.15, 0.2) is 60.8 Å². The fraction of sp³-hybridized carbons (Fsp3) is 0.476. The van der Waals surface area contributed by atoms with Gasteiger partial charge in [-0.2, -0.15) is 0 Å². The van der Waals surface area contributed by atoms with E-state index in [1.54, 1.807) is 0 Å². The minimum Gasteiger partial charge on any atom is -0.463 e. The molecule has 9 heteroatoms. The first-order valence-corrected chi connectivity index (χ1v) is 11.4. The Hall–Kier alpha value is -1.80. The van der Waals surface area contributed by atoms with Gasteiger partial charge in [0, 0.05) is 13.0 Å². The summed E-state index contributed by atoms with van der Waals surface area (Å²) in [6, 6.07) is 0. The van der Waals surface area contributed by atoms with Crippen molar-refractivity contribution in [3.63, 3.8) is 0 Å². The molecule has 0 rings (SSSR count). The van der Waals surface area contributed by atoms with E-state index in [9.17, 15) is 19.4 Å². The van der Waals surface area contributed by atoms with Crippen LogP contribution in [0.5, 0.6) is 0 Å². The molecule has 0 fully saturated rings. The van der Waals surface area contributed by atoms with Crippen molar-refractivity contribution in [2.45, 2.75) is 38.7 Å². The Morgan fingerprint density at radius 3 is 2.20 bits per heavy atom. The monoisotopic (exact) mass is 443 g/mol. The highest BCUT2D eigenvalue weighted by Gasteiger charge is 2.22. The number of aliphatic hydroxyl groups is 1. The second kappa shape index (κ2) is 19.2. The van der Waals surface area contributed by atoms with Gasteiger partial charge in [-0.05, 0) is 19.3 Å². The number of unbranched alkanes of at least 4 members (excludes halogenated alkanes) is 1. The van der Waals surface area contributed by atoms with Gasteiger partial charge in [-0.25, -0.2) is 4.57 Å². The number of hydrogen-bond donors (Lipinski definition) is 3. The van der Waals surface area contributed by atoms with Gasteiger partial charge in [-0.1, -0.05) is 67.7 Å².